The van der Waals surface area contributed by atoms with Gasteiger partial charge in [0.25, 0.3) is 0 Å². The average molecular weight is 554 g/mol. The summed E-state index contributed by atoms with van der Waals surface area (Å²) in [6.45, 7) is 3.52. The Kier molecular flexibility index (Phi) is 10.5. The third-order valence-corrected chi connectivity index (χ3v) is 7.74. The van der Waals surface area contributed by atoms with E-state index in [4.69, 9.17) is 19.4 Å². The van der Waals surface area contributed by atoms with E-state index in [0.29, 0.717) is 31.8 Å². The van der Waals surface area contributed by atoms with E-state index >= 15 is 0 Å². The quantitative estimate of drug-likeness (QED) is 0.197. The standard InChI is InChI=1S/C34H43N5O2/c1-39(2)33-31-15-9-10-16-32(31)37-34(38-33)36-29-19-17-26(18-20-29)21-35-22-30(41-24-28-13-7-4-8-14-28)25-40-23-27-11-5-3-6-12-27/h3-16,26,29-30,35H,17-25H2,1-2H3,(H,36,37,38)/t26?,29?,30-/m0/s1. The molecule has 1 heterocycles. The van der Waals surface area contributed by atoms with Crippen LogP contribution in [0.3, 0.4) is 0 Å². The fourth-order valence-electron chi connectivity index (χ4n) is 5.44. The van der Waals surface area contributed by atoms with E-state index in [2.05, 4.69) is 64.1 Å². The maximum absolute atomic E-state index is 6.28. The number of hydrogen-bond donors (Lipinski definition) is 2. The lowest BCUT2D eigenvalue weighted by Crippen LogP contribution is -2.37. The molecule has 216 valence electrons. The van der Waals surface area contributed by atoms with Crippen molar-refractivity contribution in [2.75, 3.05) is 44.0 Å². The van der Waals surface area contributed by atoms with E-state index in [1.54, 1.807) is 0 Å². The highest BCUT2D eigenvalue weighted by Gasteiger charge is 2.22. The van der Waals surface area contributed by atoms with Gasteiger partial charge in [-0.25, -0.2) is 4.98 Å². The van der Waals surface area contributed by atoms with Crippen LogP contribution < -0.4 is 15.5 Å². The second-order valence-corrected chi connectivity index (χ2v) is 11.2. The molecule has 0 radical (unpaired) electrons. The Morgan fingerprint density at radius 3 is 2.17 bits per heavy atom. The summed E-state index contributed by atoms with van der Waals surface area (Å²) in [4.78, 5) is 11.7. The van der Waals surface area contributed by atoms with E-state index < -0.39 is 0 Å². The lowest BCUT2D eigenvalue weighted by Gasteiger charge is -2.30. The third-order valence-electron chi connectivity index (χ3n) is 7.74. The summed E-state index contributed by atoms with van der Waals surface area (Å²) >= 11 is 0. The SMILES string of the molecule is CN(C)c1nc(NC2CCC(CNC[C@@H](COCc3ccccc3)OCc3ccccc3)CC2)nc2ccccc12. The molecule has 0 amide bonds. The largest absolute Gasteiger partial charge is 0.374 e. The van der Waals surface area contributed by atoms with Crippen LogP contribution in [0.1, 0.15) is 36.8 Å². The minimum atomic E-state index is -0.00660. The van der Waals surface area contributed by atoms with Gasteiger partial charge in [-0.15, -0.1) is 0 Å². The zero-order chi connectivity index (χ0) is 28.3. The molecule has 0 unspecified atom stereocenters. The zero-order valence-electron chi connectivity index (χ0n) is 24.3. The predicted molar refractivity (Wildman–Crippen MR) is 167 cm³/mol. The summed E-state index contributed by atoms with van der Waals surface area (Å²) < 4.78 is 12.3. The van der Waals surface area contributed by atoms with Crippen LogP contribution in [-0.4, -0.2) is 55.9 Å². The summed E-state index contributed by atoms with van der Waals surface area (Å²) in [6, 6.07) is 29.3. The van der Waals surface area contributed by atoms with Gasteiger partial charge in [-0.3, -0.25) is 0 Å². The molecule has 1 saturated carbocycles. The summed E-state index contributed by atoms with van der Waals surface area (Å²) in [7, 11) is 4.06. The molecule has 4 aromatic rings. The Balaban J connectivity index is 1.07. The Labute approximate surface area is 244 Å². The first-order chi connectivity index (χ1) is 20.1. The fourth-order valence-corrected chi connectivity index (χ4v) is 5.44. The molecule has 1 atom stereocenters. The smallest absolute Gasteiger partial charge is 0.225 e. The van der Waals surface area contributed by atoms with Crippen molar-refractivity contribution in [2.45, 2.75) is 51.0 Å². The van der Waals surface area contributed by atoms with Gasteiger partial charge in [0.2, 0.25) is 5.95 Å². The lowest BCUT2D eigenvalue weighted by atomic mass is 9.86. The molecule has 7 nitrogen and oxygen atoms in total. The van der Waals surface area contributed by atoms with E-state index in [0.717, 1.165) is 48.6 Å². The van der Waals surface area contributed by atoms with Gasteiger partial charge >= 0.3 is 0 Å². The van der Waals surface area contributed by atoms with Crippen LogP contribution in [0.2, 0.25) is 0 Å². The molecule has 0 aliphatic heterocycles. The number of fused-ring (bicyclic) bond motifs is 1. The lowest BCUT2D eigenvalue weighted by molar-refractivity contribution is -0.0288. The van der Waals surface area contributed by atoms with Gasteiger partial charge in [-0.05, 0) is 61.4 Å². The number of nitrogens with zero attached hydrogens (tertiary/aromatic N) is 3. The van der Waals surface area contributed by atoms with Crippen molar-refractivity contribution in [1.82, 2.24) is 15.3 Å². The number of benzene rings is 3. The highest BCUT2D eigenvalue weighted by Crippen LogP contribution is 2.28. The highest BCUT2D eigenvalue weighted by molar-refractivity contribution is 5.90. The number of para-hydroxylation sites is 1. The van der Waals surface area contributed by atoms with Crippen LogP contribution in [0.4, 0.5) is 11.8 Å². The van der Waals surface area contributed by atoms with Gasteiger partial charge in [0.15, 0.2) is 0 Å². The first kappa shape index (κ1) is 29.0. The number of anilines is 2. The molecule has 0 spiro atoms. The Morgan fingerprint density at radius 2 is 1.46 bits per heavy atom. The van der Waals surface area contributed by atoms with Crippen LogP contribution in [0.5, 0.6) is 0 Å². The molecular weight excluding hydrogens is 510 g/mol. The van der Waals surface area contributed by atoms with Crippen LogP contribution in [0.15, 0.2) is 84.9 Å². The molecule has 0 bridgehead atoms. The number of rotatable bonds is 14. The summed E-state index contributed by atoms with van der Waals surface area (Å²) in [5.74, 6) is 2.33. The number of aromatic nitrogens is 2. The first-order valence-corrected chi connectivity index (χ1v) is 14.8. The van der Waals surface area contributed by atoms with Crippen molar-refractivity contribution >= 4 is 22.7 Å². The number of nitrogens with one attached hydrogen (secondary N) is 2. The van der Waals surface area contributed by atoms with Gasteiger partial charge in [0.05, 0.1) is 31.4 Å². The first-order valence-electron chi connectivity index (χ1n) is 14.8. The zero-order valence-corrected chi connectivity index (χ0v) is 24.3. The molecule has 0 saturated heterocycles. The van der Waals surface area contributed by atoms with Crippen molar-refractivity contribution in [3.8, 4) is 0 Å². The highest BCUT2D eigenvalue weighted by atomic mass is 16.5. The normalized spacial score (nSPS) is 17.8. The van der Waals surface area contributed by atoms with E-state index in [1.165, 1.54) is 24.0 Å². The second kappa shape index (κ2) is 14.9. The van der Waals surface area contributed by atoms with Gasteiger partial charge in [0.1, 0.15) is 5.82 Å². The molecular formula is C34H43N5O2. The van der Waals surface area contributed by atoms with Crippen LogP contribution >= 0.6 is 0 Å². The van der Waals surface area contributed by atoms with Crippen LogP contribution in [0.25, 0.3) is 10.9 Å². The topological polar surface area (TPSA) is 71.5 Å². The molecule has 2 N–H and O–H groups in total. The molecule has 7 heteroatoms. The minimum absolute atomic E-state index is 0.00660. The maximum Gasteiger partial charge on any atom is 0.225 e. The van der Waals surface area contributed by atoms with Crippen molar-refractivity contribution in [2.24, 2.45) is 5.92 Å². The fraction of sp³-hybridized carbons (Fsp3) is 0.412. The number of hydrogen-bond acceptors (Lipinski definition) is 7. The van der Waals surface area contributed by atoms with Crippen molar-refractivity contribution in [3.63, 3.8) is 0 Å². The average Bonchev–Trinajstić information content (AvgIpc) is 3.01. The molecule has 1 fully saturated rings. The summed E-state index contributed by atoms with van der Waals surface area (Å²) in [5.41, 5.74) is 3.34. The summed E-state index contributed by atoms with van der Waals surface area (Å²) in [6.07, 6.45) is 4.59. The van der Waals surface area contributed by atoms with Crippen molar-refractivity contribution in [1.29, 1.82) is 0 Å². The maximum atomic E-state index is 6.28. The van der Waals surface area contributed by atoms with E-state index in [9.17, 15) is 0 Å². The monoisotopic (exact) mass is 553 g/mol. The van der Waals surface area contributed by atoms with Crippen LogP contribution in [0, 0.1) is 5.92 Å². The molecule has 41 heavy (non-hydrogen) atoms. The molecule has 5 rings (SSSR count). The minimum Gasteiger partial charge on any atom is -0.374 e. The third kappa shape index (κ3) is 8.73. The predicted octanol–water partition coefficient (Wildman–Crippen LogP) is 6.06. The van der Waals surface area contributed by atoms with Crippen molar-refractivity contribution < 1.29 is 9.47 Å². The Morgan fingerprint density at radius 1 is 0.805 bits per heavy atom. The van der Waals surface area contributed by atoms with Crippen molar-refractivity contribution in [3.05, 3.63) is 96.1 Å². The summed E-state index contributed by atoms with van der Waals surface area (Å²) in [5, 5.41) is 8.39. The Hall–Kier alpha value is -3.52. The molecule has 3 aromatic carbocycles. The van der Waals surface area contributed by atoms with Gasteiger partial charge < -0.3 is 25.0 Å². The van der Waals surface area contributed by atoms with E-state index in [1.807, 2.05) is 50.5 Å². The van der Waals surface area contributed by atoms with E-state index in [-0.39, 0.29) is 6.10 Å². The molecule has 1 aliphatic carbocycles. The Bertz CT molecular complexity index is 1330. The van der Waals surface area contributed by atoms with Gasteiger partial charge in [-0.2, -0.15) is 4.98 Å². The van der Waals surface area contributed by atoms with Gasteiger partial charge in [-0.1, -0.05) is 72.8 Å². The van der Waals surface area contributed by atoms with Gasteiger partial charge in [0, 0.05) is 32.1 Å². The number of ether oxygens (including phenoxy) is 2. The van der Waals surface area contributed by atoms with Crippen LogP contribution in [-0.2, 0) is 22.7 Å². The molecule has 1 aliphatic rings. The second-order valence-electron chi connectivity index (χ2n) is 11.2. The molecule has 1 aromatic heterocycles.